The Labute approximate surface area is 257 Å². The first-order chi connectivity index (χ1) is 20.3. The molecule has 4 aromatic carbocycles. The summed E-state index contributed by atoms with van der Waals surface area (Å²) in [6, 6.07) is 38.3. The van der Waals surface area contributed by atoms with Gasteiger partial charge in [-0.25, -0.2) is 0 Å². The van der Waals surface area contributed by atoms with Crippen molar-refractivity contribution in [3.8, 4) is 11.1 Å². The van der Waals surface area contributed by atoms with Crippen LogP contribution in [0.5, 0.6) is 0 Å². The average molecular weight is 645 g/mol. The third kappa shape index (κ3) is 4.19. The molecule has 0 spiro atoms. The summed E-state index contributed by atoms with van der Waals surface area (Å²) in [6.07, 6.45) is 4.94. The monoisotopic (exact) mass is 643 g/mol. The maximum atomic E-state index is 15.0. The standard InChI is InChI=1S/C13H9.C12H10Si.C11H17NO.2ClH.Ti/c1-3-7-12-10(5-1)9-11-6-2-4-8-13(11)12;1-3-7-11(8-4-1)13-12-9-5-2-6-10-12;12-10(13)11-4-7-1-8(5-11)3-9(2-7)6-11;;;/h1-9H;1-10H;7-9H,1-6H2,(H2,12,13);2*1H;/q;;;;;+3/p-3. The Morgan fingerprint density at radius 1 is 0.643 bits per heavy atom. The molecule has 0 radical (unpaired) electrons. The van der Waals surface area contributed by atoms with Gasteiger partial charge >= 0.3 is 259 Å². The molecule has 4 bridgehead atoms. The molecule has 0 aliphatic heterocycles. The first-order valence-electron chi connectivity index (χ1n) is 15.4. The van der Waals surface area contributed by atoms with E-state index < -0.39 is 18.4 Å². The van der Waals surface area contributed by atoms with Crippen LogP contribution in [0.4, 0.5) is 0 Å². The molecule has 1 amide bonds. The molecule has 0 aromatic heterocycles. The van der Waals surface area contributed by atoms with Crippen molar-refractivity contribution in [2.24, 2.45) is 23.2 Å². The van der Waals surface area contributed by atoms with Gasteiger partial charge in [-0.1, -0.05) is 0 Å². The van der Waals surface area contributed by atoms with Gasteiger partial charge in [0.05, 0.1) is 0 Å². The van der Waals surface area contributed by atoms with Crippen molar-refractivity contribution < 1.29 is 17.0 Å². The maximum absolute atomic E-state index is 15.0. The van der Waals surface area contributed by atoms with E-state index in [-0.39, 0.29) is 15.5 Å². The van der Waals surface area contributed by atoms with Crippen LogP contribution < -0.4 is 14.2 Å². The number of halogens is 2. The van der Waals surface area contributed by atoms with Crippen LogP contribution in [0.15, 0.2) is 109 Å². The van der Waals surface area contributed by atoms with Gasteiger partial charge in [-0.2, -0.15) is 0 Å². The van der Waals surface area contributed by atoms with E-state index in [1.807, 2.05) is 12.1 Å². The molecule has 6 heteroatoms. The van der Waals surface area contributed by atoms with Crippen molar-refractivity contribution in [2.45, 2.75) is 42.7 Å². The molecule has 0 saturated heterocycles. The van der Waals surface area contributed by atoms with Crippen molar-refractivity contribution in [3.63, 3.8) is 0 Å². The summed E-state index contributed by atoms with van der Waals surface area (Å²) in [5.41, 5.74) is 4.32. The van der Waals surface area contributed by atoms with Crippen molar-refractivity contribution in [1.82, 2.24) is 3.80 Å². The minimum atomic E-state index is -5.24. The van der Waals surface area contributed by atoms with Crippen LogP contribution in [0.2, 0.25) is 0 Å². The number of amides is 1. The SMILES string of the molecule is O=C([NH][Ti]([Cl])([Cl])([CH]1c2ccccc2-c2ccccc21)=[Si](c1ccccc1)c1ccccc1)C12CC3CC(CC(C3)C1)C2. The Balaban J connectivity index is 1.43. The van der Waals surface area contributed by atoms with Gasteiger partial charge < -0.3 is 0 Å². The van der Waals surface area contributed by atoms with E-state index in [1.165, 1.54) is 30.4 Å². The number of hydrogen-bond acceptors (Lipinski definition) is 1. The van der Waals surface area contributed by atoms with Crippen molar-refractivity contribution >= 4 is 41.1 Å². The zero-order valence-electron chi connectivity index (χ0n) is 23.6. The number of carbonyl (C=O) groups is 1. The van der Waals surface area contributed by atoms with Gasteiger partial charge in [-0.3, -0.25) is 0 Å². The predicted octanol–water partition coefficient (Wildman–Crippen LogP) is 7.81. The number of nitrogens with one attached hydrogen (secondary N) is 1. The fraction of sp³-hybridized carbons (Fsp3) is 0.306. The molecule has 1 N–H and O–H groups in total. The van der Waals surface area contributed by atoms with Gasteiger partial charge in [0.15, 0.2) is 0 Å². The summed E-state index contributed by atoms with van der Waals surface area (Å²) in [5.74, 6) is 2.12. The summed E-state index contributed by atoms with van der Waals surface area (Å²) in [5, 5.41) is 2.31. The topological polar surface area (TPSA) is 29.1 Å². The number of rotatable bonds is 5. The van der Waals surface area contributed by atoms with Crippen LogP contribution in [0.25, 0.3) is 11.1 Å². The molecule has 5 aliphatic rings. The minimum absolute atomic E-state index is 0.139. The van der Waals surface area contributed by atoms with E-state index in [1.54, 1.807) is 0 Å². The van der Waals surface area contributed by atoms with E-state index in [9.17, 15) is 0 Å². The second kappa shape index (κ2) is 9.94. The fourth-order valence-corrected chi connectivity index (χ4v) is 34.5. The third-order valence-electron chi connectivity index (χ3n) is 10.8. The molecule has 5 aliphatic carbocycles. The third-order valence-corrected chi connectivity index (χ3v) is 33.1. The number of carbonyl (C=O) groups excluding carboxylic acids is 1. The van der Waals surface area contributed by atoms with Gasteiger partial charge in [-0.05, 0) is 0 Å². The second-order valence-electron chi connectivity index (χ2n) is 13.4. The normalized spacial score (nSPS) is 26.0. The first kappa shape index (κ1) is 27.4. The Morgan fingerprint density at radius 2 is 1.05 bits per heavy atom. The summed E-state index contributed by atoms with van der Waals surface area (Å²) < 4.78 is 3.52. The van der Waals surface area contributed by atoms with Gasteiger partial charge in [0.2, 0.25) is 0 Å². The Bertz CT molecular complexity index is 1660. The zero-order valence-corrected chi connectivity index (χ0v) is 27.7. The first-order valence-corrected chi connectivity index (χ1v) is 25.2. The second-order valence-corrected chi connectivity index (χ2v) is 36.5. The Kier molecular flexibility index (Phi) is 6.49. The van der Waals surface area contributed by atoms with Crippen LogP contribution in [0.3, 0.4) is 0 Å². The molecule has 4 fully saturated rings. The van der Waals surface area contributed by atoms with Crippen molar-refractivity contribution in [1.29, 1.82) is 0 Å². The van der Waals surface area contributed by atoms with Gasteiger partial charge in [-0.15, -0.1) is 0 Å². The number of benzene rings is 4. The molecule has 4 aromatic rings. The molecule has 2 nitrogen and oxygen atoms in total. The molecule has 212 valence electrons. The number of fused-ring (bicyclic) bond motifs is 3. The number of hydrogen-bond donors (Lipinski definition) is 1. The van der Waals surface area contributed by atoms with E-state index in [4.69, 9.17) is 18.6 Å². The van der Waals surface area contributed by atoms with Gasteiger partial charge in [0.1, 0.15) is 0 Å². The molecule has 0 atom stereocenters. The van der Waals surface area contributed by atoms with Crippen LogP contribution >= 0.6 is 18.6 Å². The molecule has 0 heterocycles. The van der Waals surface area contributed by atoms with Crippen LogP contribution in [-0.2, 0) is 17.0 Å². The molecular weight excluding hydrogens is 609 g/mol. The summed E-state index contributed by atoms with van der Waals surface area (Å²) in [6.45, 7) is 0. The average Bonchev–Trinajstić information content (AvgIpc) is 3.33. The molecule has 9 rings (SSSR count). The summed E-state index contributed by atoms with van der Waals surface area (Å²) >= 11 is -5.24. The molecule has 42 heavy (non-hydrogen) atoms. The quantitative estimate of drug-likeness (QED) is 0.221. The fourth-order valence-electron chi connectivity index (χ4n) is 9.62. The van der Waals surface area contributed by atoms with Crippen LogP contribution in [-0.4, -0.2) is 12.1 Å². The van der Waals surface area contributed by atoms with Crippen molar-refractivity contribution in [2.75, 3.05) is 0 Å². The van der Waals surface area contributed by atoms with E-state index >= 15 is 4.79 Å². The van der Waals surface area contributed by atoms with E-state index in [0.29, 0.717) is 17.8 Å². The van der Waals surface area contributed by atoms with Gasteiger partial charge in [0.25, 0.3) is 0 Å². The van der Waals surface area contributed by atoms with Crippen molar-refractivity contribution in [3.05, 3.63) is 120 Å². The van der Waals surface area contributed by atoms with E-state index in [2.05, 4.69) is 101 Å². The van der Waals surface area contributed by atoms with E-state index in [0.717, 1.165) is 40.8 Å². The summed E-state index contributed by atoms with van der Waals surface area (Å²) in [4.78, 5) is 15.0. The molecule has 4 saturated carbocycles. The van der Waals surface area contributed by atoms with Gasteiger partial charge in [0, 0.05) is 0 Å². The Morgan fingerprint density at radius 3 is 1.50 bits per heavy atom. The molecule has 0 unspecified atom stereocenters. The predicted molar refractivity (Wildman–Crippen MR) is 172 cm³/mol. The summed E-state index contributed by atoms with van der Waals surface area (Å²) in [7, 11) is 17.0. The Hall–Kier alpha value is -2.14. The molecular formula is C36H35Cl2NOSiTi. The zero-order chi connectivity index (χ0) is 28.6. The van der Waals surface area contributed by atoms with Crippen LogP contribution in [0, 0.1) is 23.2 Å². The van der Waals surface area contributed by atoms with Crippen LogP contribution in [0.1, 0.15) is 53.9 Å².